The molecule has 0 aromatic heterocycles. The summed E-state index contributed by atoms with van der Waals surface area (Å²) >= 11 is 1.25. The number of hydrogen-bond acceptors (Lipinski definition) is 8. The first-order valence-electron chi connectivity index (χ1n) is 10.3. The maximum atomic E-state index is 12.7. The molecule has 1 amide bonds. The van der Waals surface area contributed by atoms with E-state index in [0.717, 1.165) is 0 Å². The van der Waals surface area contributed by atoms with Crippen LogP contribution in [0.15, 0.2) is 0 Å². The maximum Gasteiger partial charge on any atom is 0.311 e. The molecule has 176 valence electrons. The number of esters is 1. The molecule has 0 aliphatic carbocycles. The third-order valence-corrected chi connectivity index (χ3v) is 5.80. The predicted octanol–water partition coefficient (Wildman–Crippen LogP) is 1.29. The summed E-state index contributed by atoms with van der Waals surface area (Å²) in [5.74, 6) is -0.602. The van der Waals surface area contributed by atoms with Crippen LogP contribution in [-0.2, 0) is 19.1 Å². The van der Waals surface area contributed by atoms with E-state index in [1.54, 1.807) is 27.7 Å². The fraction of sp³-hybridized carbons (Fsp3) is 0.857. The second-order valence-corrected chi connectivity index (χ2v) is 10.1. The highest BCUT2D eigenvalue weighted by molar-refractivity contribution is 7.99. The fourth-order valence-corrected chi connectivity index (χ4v) is 3.91. The number of aliphatic hydroxyl groups is 3. The molecule has 0 aromatic carbocycles. The van der Waals surface area contributed by atoms with Crippen LogP contribution in [0.2, 0.25) is 0 Å². The Bertz CT molecular complexity index is 566. The molecule has 0 saturated heterocycles. The average Bonchev–Trinajstić information content (AvgIpc) is 2.62. The van der Waals surface area contributed by atoms with Gasteiger partial charge in [-0.05, 0) is 47.5 Å². The largest absolute Gasteiger partial charge is 0.462 e. The number of rotatable bonds is 15. The number of carbonyl (C=O) groups is 3. The fourth-order valence-electron chi connectivity index (χ4n) is 3.03. The summed E-state index contributed by atoms with van der Waals surface area (Å²) < 4.78 is 5.24. The van der Waals surface area contributed by atoms with Crippen molar-refractivity contribution in [2.24, 2.45) is 11.3 Å². The zero-order valence-corrected chi connectivity index (χ0v) is 19.9. The smallest absolute Gasteiger partial charge is 0.311 e. The predicted molar refractivity (Wildman–Crippen MR) is 117 cm³/mol. The molecule has 0 spiro atoms. The van der Waals surface area contributed by atoms with Crippen molar-refractivity contribution in [1.29, 1.82) is 0 Å². The summed E-state index contributed by atoms with van der Waals surface area (Å²) in [4.78, 5) is 36.6. The van der Waals surface area contributed by atoms with Gasteiger partial charge in [-0.15, -0.1) is 0 Å². The first-order chi connectivity index (χ1) is 13.7. The number of hydrogen-bond donors (Lipinski definition) is 4. The van der Waals surface area contributed by atoms with Gasteiger partial charge in [0, 0.05) is 29.4 Å². The van der Waals surface area contributed by atoms with Crippen molar-refractivity contribution < 1.29 is 34.4 Å². The molecule has 9 heteroatoms. The van der Waals surface area contributed by atoms with Crippen molar-refractivity contribution in [3.8, 4) is 0 Å². The SMILES string of the molecule is CCC(CC(C)(C)C(=O)OCC(O)CSCC(O)CO)C(=O)NC(C)(C)CC(C)=O. The molecule has 0 radical (unpaired) electrons. The molecule has 3 atom stereocenters. The van der Waals surface area contributed by atoms with Crippen LogP contribution in [0.4, 0.5) is 0 Å². The van der Waals surface area contributed by atoms with Crippen LogP contribution in [0.3, 0.4) is 0 Å². The monoisotopic (exact) mass is 449 g/mol. The highest BCUT2D eigenvalue weighted by Gasteiger charge is 2.36. The number of thioether (sulfide) groups is 1. The van der Waals surface area contributed by atoms with Crippen LogP contribution in [0.5, 0.6) is 0 Å². The number of Topliss-reactive ketones (excluding diaryl/α,β-unsaturated/α-hetero) is 1. The minimum Gasteiger partial charge on any atom is -0.462 e. The Kier molecular flexibility index (Phi) is 12.8. The molecule has 0 bridgehead atoms. The van der Waals surface area contributed by atoms with Crippen molar-refractivity contribution >= 4 is 29.4 Å². The Morgan fingerprint density at radius 3 is 2.13 bits per heavy atom. The van der Waals surface area contributed by atoms with E-state index < -0.39 is 35.0 Å². The minimum absolute atomic E-state index is 0.0140. The van der Waals surface area contributed by atoms with E-state index in [4.69, 9.17) is 9.84 Å². The van der Waals surface area contributed by atoms with E-state index in [1.807, 2.05) is 6.92 Å². The Balaban J connectivity index is 4.67. The molecule has 3 unspecified atom stereocenters. The Morgan fingerprint density at radius 1 is 1.07 bits per heavy atom. The van der Waals surface area contributed by atoms with Crippen LogP contribution in [0, 0.1) is 11.3 Å². The summed E-state index contributed by atoms with van der Waals surface area (Å²) in [6.45, 7) is 9.80. The van der Waals surface area contributed by atoms with Gasteiger partial charge in [-0.2, -0.15) is 11.8 Å². The van der Waals surface area contributed by atoms with Crippen molar-refractivity contribution in [3.63, 3.8) is 0 Å². The van der Waals surface area contributed by atoms with Crippen LogP contribution < -0.4 is 5.32 Å². The van der Waals surface area contributed by atoms with Gasteiger partial charge in [-0.25, -0.2) is 0 Å². The molecule has 4 N–H and O–H groups in total. The van der Waals surface area contributed by atoms with E-state index in [9.17, 15) is 24.6 Å². The number of nitrogens with one attached hydrogen (secondary N) is 1. The van der Waals surface area contributed by atoms with E-state index in [-0.39, 0.29) is 49.3 Å². The van der Waals surface area contributed by atoms with Gasteiger partial charge >= 0.3 is 5.97 Å². The highest BCUT2D eigenvalue weighted by Crippen LogP contribution is 2.29. The Labute approximate surface area is 184 Å². The Hall–Kier alpha value is -1.16. The minimum atomic E-state index is -0.928. The van der Waals surface area contributed by atoms with Gasteiger partial charge in [0.05, 0.1) is 24.2 Å². The topological polar surface area (TPSA) is 133 Å². The lowest BCUT2D eigenvalue weighted by atomic mass is 9.81. The van der Waals surface area contributed by atoms with Gasteiger partial charge in [-0.3, -0.25) is 14.4 Å². The standard InChI is InChI=1S/C21H39NO7S/c1-7-15(18(27)22-21(5,6)8-14(2)24)9-20(3,4)19(28)29-11-17(26)13-30-12-16(25)10-23/h15-17,23,25-26H,7-13H2,1-6H3,(H,22,27). The quantitative estimate of drug-likeness (QED) is 0.275. The number of carbonyl (C=O) groups excluding carboxylic acids is 3. The highest BCUT2D eigenvalue weighted by atomic mass is 32.2. The Morgan fingerprint density at radius 2 is 1.63 bits per heavy atom. The number of aliphatic hydroxyl groups excluding tert-OH is 3. The third kappa shape index (κ3) is 11.9. The first kappa shape index (κ1) is 28.8. The van der Waals surface area contributed by atoms with Crippen molar-refractivity contribution in [1.82, 2.24) is 5.32 Å². The number of ether oxygens (including phenoxy) is 1. The molecule has 0 rings (SSSR count). The molecular formula is C21H39NO7S. The van der Waals surface area contributed by atoms with E-state index >= 15 is 0 Å². The molecule has 8 nitrogen and oxygen atoms in total. The normalized spacial score (nSPS) is 15.2. The second-order valence-electron chi connectivity index (χ2n) is 9.07. The molecule has 0 saturated carbocycles. The zero-order chi connectivity index (χ0) is 23.5. The van der Waals surface area contributed by atoms with Crippen molar-refractivity contribution in [3.05, 3.63) is 0 Å². The maximum absolute atomic E-state index is 12.7. The molecule has 0 heterocycles. The summed E-state index contributed by atoms with van der Waals surface area (Å²) in [5.41, 5.74) is -1.59. The zero-order valence-electron chi connectivity index (χ0n) is 19.1. The lowest BCUT2D eigenvalue weighted by Crippen LogP contribution is -2.48. The van der Waals surface area contributed by atoms with Gasteiger partial charge in [-0.1, -0.05) is 6.92 Å². The summed E-state index contributed by atoms with van der Waals surface area (Å²) in [6.07, 6.45) is -0.700. The van der Waals surface area contributed by atoms with Crippen LogP contribution in [-0.4, -0.2) is 75.4 Å². The summed E-state index contributed by atoms with van der Waals surface area (Å²) in [7, 11) is 0. The van der Waals surface area contributed by atoms with E-state index in [0.29, 0.717) is 6.42 Å². The van der Waals surface area contributed by atoms with Gasteiger partial charge in [0.25, 0.3) is 0 Å². The molecule has 30 heavy (non-hydrogen) atoms. The molecule has 0 aliphatic rings. The van der Waals surface area contributed by atoms with Crippen LogP contribution in [0.1, 0.15) is 60.8 Å². The number of amides is 1. The molecule has 0 fully saturated rings. The van der Waals surface area contributed by atoms with Gasteiger partial charge in [0.15, 0.2) is 0 Å². The van der Waals surface area contributed by atoms with Gasteiger partial charge < -0.3 is 25.4 Å². The third-order valence-electron chi connectivity index (χ3n) is 4.56. The van der Waals surface area contributed by atoms with Crippen molar-refractivity contribution in [2.45, 2.75) is 78.6 Å². The van der Waals surface area contributed by atoms with Crippen molar-refractivity contribution in [2.75, 3.05) is 24.7 Å². The second kappa shape index (κ2) is 13.3. The van der Waals surface area contributed by atoms with Gasteiger partial charge in [0.1, 0.15) is 12.4 Å². The summed E-state index contributed by atoms with van der Waals surface area (Å²) in [5, 5.41) is 30.9. The first-order valence-corrected chi connectivity index (χ1v) is 11.4. The molecular weight excluding hydrogens is 410 g/mol. The lowest BCUT2D eigenvalue weighted by Gasteiger charge is -2.31. The average molecular weight is 450 g/mol. The van der Waals surface area contributed by atoms with E-state index in [1.165, 1.54) is 18.7 Å². The van der Waals surface area contributed by atoms with E-state index in [2.05, 4.69) is 5.32 Å². The lowest BCUT2D eigenvalue weighted by molar-refractivity contribution is -0.158. The van der Waals surface area contributed by atoms with Gasteiger partial charge in [0.2, 0.25) is 5.91 Å². The molecule has 0 aliphatic heterocycles. The molecule has 0 aromatic rings. The van der Waals surface area contributed by atoms with Crippen LogP contribution >= 0.6 is 11.8 Å². The summed E-state index contributed by atoms with van der Waals surface area (Å²) in [6, 6.07) is 0. The van der Waals surface area contributed by atoms with Crippen LogP contribution in [0.25, 0.3) is 0 Å². The number of ketones is 1.